The molecule has 0 aliphatic carbocycles. The van der Waals surface area contributed by atoms with Crippen LogP contribution in [0, 0.1) is 6.92 Å². The van der Waals surface area contributed by atoms with Crippen molar-refractivity contribution >= 4 is 33.2 Å². The number of hydrogen-bond donors (Lipinski definition) is 1. The van der Waals surface area contributed by atoms with Gasteiger partial charge in [0.15, 0.2) is 5.69 Å². The van der Waals surface area contributed by atoms with Gasteiger partial charge >= 0.3 is 5.97 Å². The highest BCUT2D eigenvalue weighted by Gasteiger charge is 2.24. The number of benzene rings is 1. The summed E-state index contributed by atoms with van der Waals surface area (Å²) in [4.78, 5) is 28.5. The van der Waals surface area contributed by atoms with E-state index in [1.807, 2.05) is 0 Å². The van der Waals surface area contributed by atoms with Gasteiger partial charge in [0, 0.05) is 37.0 Å². The highest BCUT2D eigenvalue weighted by atomic mass is 32.2. The fraction of sp³-hybridized carbons (Fsp3) is 0.450. The minimum absolute atomic E-state index is 0.137. The number of esters is 1. The molecule has 0 saturated heterocycles. The van der Waals surface area contributed by atoms with Crippen molar-refractivity contribution in [3.63, 3.8) is 0 Å². The third kappa shape index (κ3) is 5.65. The average Bonchev–Trinajstić information content (AvgIpc) is 3.18. The van der Waals surface area contributed by atoms with Gasteiger partial charge in [0.1, 0.15) is 0 Å². The number of carbonyl (C=O) groups is 2. The van der Waals surface area contributed by atoms with Crippen LogP contribution in [0.15, 0.2) is 28.5 Å². The lowest BCUT2D eigenvalue weighted by atomic mass is 10.1. The van der Waals surface area contributed by atoms with Crippen molar-refractivity contribution in [3.8, 4) is 0 Å². The van der Waals surface area contributed by atoms with Crippen LogP contribution < -0.4 is 5.32 Å². The second-order valence-corrected chi connectivity index (χ2v) is 9.27. The summed E-state index contributed by atoms with van der Waals surface area (Å²) in [6.07, 6.45) is 0.451. The molecule has 0 radical (unpaired) electrons. The van der Waals surface area contributed by atoms with E-state index < -0.39 is 16.0 Å². The monoisotopic (exact) mass is 453 g/mol. The molecule has 1 amide bonds. The largest absolute Gasteiger partial charge is 0.461 e. The van der Waals surface area contributed by atoms with Gasteiger partial charge in [0.25, 0.3) is 5.91 Å². The van der Waals surface area contributed by atoms with Gasteiger partial charge in [-0.25, -0.2) is 18.2 Å². The molecule has 164 valence electrons. The van der Waals surface area contributed by atoms with E-state index in [-0.39, 0.29) is 28.7 Å². The first-order valence-corrected chi connectivity index (χ1v) is 12.1. The molecule has 0 unspecified atom stereocenters. The predicted octanol–water partition coefficient (Wildman–Crippen LogP) is 2.63. The zero-order valence-electron chi connectivity index (χ0n) is 17.6. The van der Waals surface area contributed by atoms with Crippen LogP contribution in [0.25, 0.3) is 0 Å². The van der Waals surface area contributed by atoms with Crippen LogP contribution in [-0.4, -0.2) is 55.8 Å². The number of ether oxygens (including phenoxy) is 1. The molecule has 1 N–H and O–H groups in total. The van der Waals surface area contributed by atoms with E-state index >= 15 is 0 Å². The number of amides is 1. The van der Waals surface area contributed by atoms with E-state index in [0.29, 0.717) is 36.6 Å². The number of sulfonamides is 1. The Hall–Kier alpha value is -2.30. The Bertz CT molecular complexity index is 998. The van der Waals surface area contributed by atoms with Crippen LogP contribution in [0.2, 0.25) is 0 Å². The second-order valence-electron chi connectivity index (χ2n) is 6.42. The molecule has 0 spiro atoms. The minimum atomic E-state index is -3.66. The van der Waals surface area contributed by atoms with Gasteiger partial charge in [-0.1, -0.05) is 19.9 Å². The topological polar surface area (TPSA) is 106 Å². The lowest BCUT2D eigenvalue weighted by Gasteiger charge is -2.20. The Balaban J connectivity index is 2.05. The first kappa shape index (κ1) is 24.0. The molecule has 2 aromatic rings. The number of hydrogen-bond acceptors (Lipinski definition) is 7. The molecule has 0 atom stereocenters. The molecule has 8 nitrogen and oxygen atoms in total. The predicted molar refractivity (Wildman–Crippen MR) is 115 cm³/mol. The lowest BCUT2D eigenvalue weighted by Crippen LogP contribution is -2.31. The Morgan fingerprint density at radius 2 is 1.90 bits per heavy atom. The van der Waals surface area contributed by atoms with E-state index in [1.165, 1.54) is 21.7 Å². The molecule has 0 bridgehead atoms. The second kappa shape index (κ2) is 10.6. The SMILES string of the molecule is CCOC(=O)c1csc(CCNC(=O)c2ccc(C)c(S(=O)(=O)N(CC)CC)c2)n1. The number of aryl methyl sites for hydroxylation is 1. The highest BCUT2D eigenvalue weighted by molar-refractivity contribution is 7.89. The van der Waals surface area contributed by atoms with Crippen molar-refractivity contribution in [2.45, 2.75) is 39.0 Å². The van der Waals surface area contributed by atoms with Crippen LogP contribution in [0.1, 0.15) is 52.2 Å². The van der Waals surface area contributed by atoms with E-state index in [1.54, 1.807) is 45.2 Å². The zero-order chi connectivity index (χ0) is 22.3. The van der Waals surface area contributed by atoms with Crippen LogP contribution >= 0.6 is 11.3 Å². The summed E-state index contributed by atoms with van der Waals surface area (Å²) in [5, 5.41) is 5.09. The molecule has 0 saturated carbocycles. The van der Waals surface area contributed by atoms with Gasteiger partial charge in [-0.2, -0.15) is 4.31 Å². The number of nitrogens with zero attached hydrogens (tertiary/aromatic N) is 2. The molecule has 0 aliphatic heterocycles. The highest BCUT2D eigenvalue weighted by Crippen LogP contribution is 2.21. The van der Waals surface area contributed by atoms with Gasteiger partial charge in [0.05, 0.1) is 16.5 Å². The van der Waals surface area contributed by atoms with Gasteiger partial charge in [-0.05, 0) is 31.5 Å². The lowest BCUT2D eigenvalue weighted by molar-refractivity contribution is 0.0520. The van der Waals surface area contributed by atoms with E-state index in [4.69, 9.17) is 4.74 Å². The van der Waals surface area contributed by atoms with E-state index in [0.717, 1.165) is 0 Å². The van der Waals surface area contributed by atoms with Gasteiger partial charge in [0.2, 0.25) is 10.0 Å². The van der Waals surface area contributed by atoms with Crippen molar-refractivity contribution in [1.82, 2.24) is 14.6 Å². The van der Waals surface area contributed by atoms with E-state index in [2.05, 4.69) is 10.3 Å². The van der Waals surface area contributed by atoms with Crippen molar-refractivity contribution in [2.75, 3.05) is 26.2 Å². The molecule has 10 heteroatoms. The maximum Gasteiger partial charge on any atom is 0.357 e. The summed E-state index contributed by atoms with van der Waals surface area (Å²) in [5.41, 5.74) is 1.12. The Labute approximate surface area is 181 Å². The van der Waals surface area contributed by atoms with Gasteiger partial charge < -0.3 is 10.1 Å². The standard InChI is InChI=1S/C20H27N3O5S2/c1-5-23(6-2)30(26,27)17-12-15(9-8-14(17)4)19(24)21-11-10-18-22-16(13-29-18)20(25)28-7-3/h8-9,12-13H,5-7,10-11H2,1-4H3,(H,21,24). The van der Waals surface area contributed by atoms with Crippen molar-refractivity contribution < 1.29 is 22.7 Å². The normalized spacial score (nSPS) is 11.5. The van der Waals surface area contributed by atoms with Crippen molar-refractivity contribution in [1.29, 1.82) is 0 Å². The Morgan fingerprint density at radius 3 is 2.53 bits per heavy atom. The summed E-state index contributed by atoms with van der Waals surface area (Å²) < 4.78 is 32.0. The van der Waals surface area contributed by atoms with Crippen LogP contribution in [0.5, 0.6) is 0 Å². The zero-order valence-corrected chi connectivity index (χ0v) is 19.2. The first-order chi connectivity index (χ1) is 14.2. The fourth-order valence-electron chi connectivity index (χ4n) is 2.83. The fourth-order valence-corrected chi connectivity index (χ4v) is 5.31. The number of thiazole rings is 1. The third-order valence-corrected chi connectivity index (χ3v) is 7.53. The maximum absolute atomic E-state index is 12.8. The van der Waals surface area contributed by atoms with Crippen molar-refractivity contribution in [2.24, 2.45) is 0 Å². The van der Waals surface area contributed by atoms with Crippen LogP contribution in [-0.2, 0) is 21.2 Å². The quantitative estimate of drug-likeness (QED) is 0.555. The van der Waals surface area contributed by atoms with E-state index in [9.17, 15) is 18.0 Å². The third-order valence-electron chi connectivity index (χ3n) is 4.43. The smallest absolute Gasteiger partial charge is 0.357 e. The summed E-state index contributed by atoms with van der Waals surface area (Å²) in [6.45, 7) is 8.29. The summed E-state index contributed by atoms with van der Waals surface area (Å²) in [7, 11) is -3.66. The van der Waals surface area contributed by atoms with Crippen LogP contribution in [0.4, 0.5) is 0 Å². The van der Waals surface area contributed by atoms with Crippen molar-refractivity contribution in [3.05, 3.63) is 45.4 Å². The molecule has 0 aliphatic rings. The molecule has 1 aromatic carbocycles. The molecule has 1 heterocycles. The van der Waals surface area contributed by atoms with Gasteiger partial charge in [-0.15, -0.1) is 11.3 Å². The van der Waals surface area contributed by atoms with Gasteiger partial charge in [-0.3, -0.25) is 4.79 Å². The molecule has 1 aromatic heterocycles. The molecule has 30 heavy (non-hydrogen) atoms. The number of aromatic nitrogens is 1. The average molecular weight is 454 g/mol. The minimum Gasteiger partial charge on any atom is -0.461 e. The maximum atomic E-state index is 12.8. The number of nitrogens with one attached hydrogen (secondary N) is 1. The molecular formula is C20H27N3O5S2. The number of carbonyl (C=O) groups excluding carboxylic acids is 2. The summed E-state index contributed by atoms with van der Waals surface area (Å²) >= 11 is 1.32. The molecule has 2 rings (SSSR count). The number of rotatable bonds is 10. The summed E-state index contributed by atoms with van der Waals surface area (Å²) in [6, 6.07) is 4.66. The first-order valence-electron chi connectivity index (χ1n) is 9.75. The molecular weight excluding hydrogens is 426 g/mol. The Morgan fingerprint density at radius 1 is 1.20 bits per heavy atom. The molecule has 0 fully saturated rings. The summed E-state index contributed by atoms with van der Waals surface area (Å²) in [5.74, 6) is -0.834. The Kier molecular flexibility index (Phi) is 8.51. The van der Waals surface area contributed by atoms with Crippen LogP contribution in [0.3, 0.4) is 0 Å².